The van der Waals surface area contributed by atoms with Gasteiger partial charge in [-0.3, -0.25) is 4.98 Å². The van der Waals surface area contributed by atoms with Gasteiger partial charge in [-0.2, -0.15) is 0 Å². The molecule has 2 aromatic carbocycles. The predicted molar refractivity (Wildman–Crippen MR) is 98.7 cm³/mol. The summed E-state index contributed by atoms with van der Waals surface area (Å²) in [5.74, 6) is 0.717. The van der Waals surface area contributed by atoms with Gasteiger partial charge in [0.25, 0.3) is 0 Å². The Balaban J connectivity index is 1.59. The van der Waals surface area contributed by atoms with Crippen LogP contribution in [0.5, 0.6) is 5.75 Å². The number of rotatable bonds is 3. The van der Waals surface area contributed by atoms with Crippen LogP contribution < -0.4 is 10.1 Å². The number of nitrogens with one attached hydrogen (secondary N) is 1. The van der Waals surface area contributed by atoms with Crippen molar-refractivity contribution in [3.63, 3.8) is 0 Å². The van der Waals surface area contributed by atoms with Crippen molar-refractivity contribution >= 4 is 10.9 Å². The molecule has 4 rings (SSSR count). The summed E-state index contributed by atoms with van der Waals surface area (Å²) in [4.78, 5) is 4.50. The average Bonchev–Trinajstić information content (AvgIpc) is 2.65. The first-order valence-electron chi connectivity index (χ1n) is 8.68. The molecule has 4 heteroatoms. The number of hydrogen-bond acceptors (Lipinski definition) is 3. The number of pyridine rings is 1. The number of ether oxygens (including phenoxy) is 1. The van der Waals surface area contributed by atoms with Gasteiger partial charge >= 0.3 is 0 Å². The molecule has 1 saturated heterocycles. The van der Waals surface area contributed by atoms with Crippen LogP contribution in [0.1, 0.15) is 12.0 Å². The molecule has 1 aliphatic heterocycles. The molecule has 0 radical (unpaired) electrons. The molecule has 1 fully saturated rings. The van der Waals surface area contributed by atoms with Crippen LogP contribution in [0.25, 0.3) is 22.0 Å². The molecule has 0 saturated carbocycles. The molecule has 3 nitrogen and oxygen atoms in total. The maximum absolute atomic E-state index is 13.9. The highest BCUT2D eigenvalue weighted by Crippen LogP contribution is 2.30. The number of aromatic nitrogens is 1. The summed E-state index contributed by atoms with van der Waals surface area (Å²) in [6, 6.07) is 16.1. The molecule has 0 aliphatic carbocycles. The van der Waals surface area contributed by atoms with E-state index in [2.05, 4.69) is 35.4 Å². The lowest BCUT2D eigenvalue weighted by atomic mass is 9.98. The molecule has 0 unspecified atom stereocenters. The first-order chi connectivity index (χ1) is 12.2. The van der Waals surface area contributed by atoms with Gasteiger partial charge in [0.05, 0.1) is 5.52 Å². The molecule has 3 aromatic rings. The smallest absolute Gasteiger partial charge is 0.149 e. The summed E-state index contributed by atoms with van der Waals surface area (Å²) < 4.78 is 19.7. The van der Waals surface area contributed by atoms with Crippen LogP contribution in [-0.4, -0.2) is 30.3 Å². The number of fused-ring (bicyclic) bond motifs is 1. The van der Waals surface area contributed by atoms with Crippen molar-refractivity contribution in [1.82, 2.24) is 10.3 Å². The van der Waals surface area contributed by atoms with E-state index < -0.39 is 6.17 Å². The number of aryl methyl sites for hydroxylation is 1. The van der Waals surface area contributed by atoms with Gasteiger partial charge < -0.3 is 10.1 Å². The molecule has 2 atom stereocenters. The Bertz CT molecular complexity index is 879. The van der Waals surface area contributed by atoms with Gasteiger partial charge in [-0.15, -0.1) is 0 Å². The van der Waals surface area contributed by atoms with Gasteiger partial charge in [-0.05, 0) is 54.8 Å². The summed E-state index contributed by atoms with van der Waals surface area (Å²) in [6.45, 7) is 3.26. The zero-order valence-corrected chi connectivity index (χ0v) is 14.2. The van der Waals surface area contributed by atoms with Crippen LogP contribution in [0.4, 0.5) is 4.39 Å². The molecule has 0 amide bonds. The molecule has 1 aromatic heterocycles. The van der Waals surface area contributed by atoms with E-state index in [1.54, 1.807) is 0 Å². The summed E-state index contributed by atoms with van der Waals surface area (Å²) in [7, 11) is 0. The number of piperidine rings is 1. The molecule has 25 heavy (non-hydrogen) atoms. The Labute approximate surface area is 146 Å². The van der Waals surface area contributed by atoms with Gasteiger partial charge in [0.1, 0.15) is 18.0 Å². The molecule has 1 N–H and O–H groups in total. The highest BCUT2D eigenvalue weighted by molar-refractivity contribution is 5.88. The normalized spacial score (nSPS) is 20.6. The zero-order valence-electron chi connectivity index (χ0n) is 14.2. The van der Waals surface area contributed by atoms with Gasteiger partial charge in [0, 0.05) is 18.1 Å². The van der Waals surface area contributed by atoms with Gasteiger partial charge in [0.2, 0.25) is 0 Å². The van der Waals surface area contributed by atoms with Crippen molar-refractivity contribution in [1.29, 1.82) is 0 Å². The quantitative estimate of drug-likeness (QED) is 0.775. The van der Waals surface area contributed by atoms with Crippen LogP contribution in [0.2, 0.25) is 0 Å². The molecule has 0 bridgehead atoms. The van der Waals surface area contributed by atoms with Gasteiger partial charge in [-0.1, -0.05) is 30.3 Å². The summed E-state index contributed by atoms with van der Waals surface area (Å²) in [5.41, 5.74) is 4.45. The van der Waals surface area contributed by atoms with Crippen LogP contribution in [0.3, 0.4) is 0 Å². The minimum atomic E-state index is -0.956. The predicted octanol–water partition coefficient (Wildman–Crippen LogP) is 4.29. The third kappa shape index (κ3) is 3.22. The number of hydrogen-bond donors (Lipinski definition) is 1. The Morgan fingerprint density at radius 3 is 2.76 bits per heavy atom. The van der Waals surface area contributed by atoms with Gasteiger partial charge in [0.15, 0.2) is 0 Å². The topological polar surface area (TPSA) is 34.1 Å². The zero-order chi connectivity index (χ0) is 17.2. The fourth-order valence-electron chi connectivity index (χ4n) is 3.42. The SMILES string of the molecule is Cc1c(-c2ccc(O[C@H]3CCNC[C@H]3F)cc2)ccc2cccnc12. The van der Waals surface area contributed by atoms with E-state index in [0.717, 1.165) is 39.9 Å². The standard InChI is InChI=1S/C21H21FN2O/c1-14-18(9-6-16-3-2-11-24-21(14)16)15-4-7-17(8-5-15)25-20-10-12-23-13-19(20)22/h2-9,11,19-20,23H,10,12-13H2,1H3/t19-,20+/m1/s1. The Morgan fingerprint density at radius 1 is 1.12 bits per heavy atom. The monoisotopic (exact) mass is 336 g/mol. The van der Waals surface area contributed by atoms with Crippen molar-refractivity contribution in [2.75, 3.05) is 13.1 Å². The lowest BCUT2D eigenvalue weighted by molar-refractivity contribution is 0.0732. The highest BCUT2D eigenvalue weighted by atomic mass is 19.1. The van der Waals surface area contributed by atoms with Crippen molar-refractivity contribution in [3.05, 3.63) is 60.3 Å². The number of halogens is 1. The number of alkyl halides is 1. The fraction of sp³-hybridized carbons (Fsp3) is 0.286. The van der Waals surface area contributed by atoms with Crippen LogP contribution in [0.15, 0.2) is 54.7 Å². The first-order valence-corrected chi connectivity index (χ1v) is 8.68. The van der Waals surface area contributed by atoms with E-state index in [1.165, 1.54) is 0 Å². The third-order valence-corrected chi connectivity index (χ3v) is 4.83. The van der Waals surface area contributed by atoms with Crippen molar-refractivity contribution in [3.8, 4) is 16.9 Å². The maximum atomic E-state index is 13.9. The first kappa shape index (κ1) is 16.0. The lowest BCUT2D eigenvalue weighted by Gasteiger charge is -2.27. The van der Waals surface area contributed by atoms with Gasteiger partial charge in [-0.25, -0.2) is 4.39 Å². The molecular formula is C21H21FN2O. The maximum Gasteiger partial charge on any atom is 0.149 e. The van der Waals surface area contributed by atoms with E-state index in [0.29, 0.717) is 13.0 Å². The second-order valence-electron chi connectivity index (χ2n) is 6.50. The van der Waals surface area contributed by atoms with E-state index in [1.807, 2.05) is 36.5 Å². The minimum Gasteiger partial charge on any atom is -0.487 e. The van der Waals surface area contributed by atoms with Crippen LogP contribution in [0, 0.1) is 6.92 Å². The van der Waals surface area contributed by atoms with E-state index >= 15 is 0 Å². The second kappa shape index (κ2) is 6.81. The van der Waals surface area contributed by atoms with E-state index in [4.69, 9.17) is 4.74 Å². The summed E-state index contributed by atoms with van der Waals surface area (Å²) in [6.07, 6.45) is 1.20. The molecule has 1 aliphatic rings. The highest BCUT2D eigenvalue weighted by Gasteiger charge is 2.26. The third-order valence-electron chi connectivity index (χ3n) is 4.83. The Morgan fingerprint density at radius 2 is 1.96 bits per heavy atom. The van der Waals surface area contributed by atoms with Crippen LogP contribution >= 0.6 is 0 Å². The second-order valence-corrected chi connectivity index (χ2v) is 6.50. The van der Waals surface area contributed by atoms with E-state index in [9.17, 15) is 4.39 Å². The lowest BCUT2D eigenvalue weighted by Crippen LogP contribution is -2.44. The minimum absolute atomic E-state index is 0.362. The van der Waals surface area contributed by atoms with Crippen LogP contribution in [-0.2, 0) is 0 Å². The molecular weight excluding hydrogens is 315 g/mol. The van der Waals surface area contributed by atoms with Crippen molar-refractivity contribution in [2.24, 2.45) is 0 Å². The number of nitrogens with zero attached hydrogens (tertiary/aromatic N) is 1. The summed E-state index contributed by atoms with van der Waals surface area (Å²) >= 11 is 0. The van der Waals surface area contributed by atoms with Crippen molar-refractivity contribution < 1.29 is 9.13 Å². The van der Waals surface area contributed by atoms with E-state index in [-0.39, 0.29) is 6.10 Å². The molecule has 128 valence electrons. The average molecular weight is 336 g/mol. The molecule has 0 spiro atoms. The largest absolute Gasteiger partial charge is 0.487 e. The Kier molecular flexibility index (Phi) is 4.36. The number of benzene rings is 2. The fourth-order valence-corrected chi connectivity index (χ4v) is 3.42. The van der Waals surface area contributed by atoms with Crippen molar-refractivity contribution in [2.45, 2.75) is 25.6 Å². The Hall–Kier alpha value is -2.46. The molecule has 2 heterocycles. The summed E-state index contributed by atoms with van der Waals surface area (Å²) in [5, 5.41) is 4.18.